The molecule has 2 aromatic heterocycles. The standard InChI is InChI=1S/C20H17N5O2/c26-19(15-8-6-14(7-9-15)13-25-11-3-10-22-25)23-24-20(27)17-12-21-18-5-2-1-4-16(17)18/h1-12,21H,13H2,(H,23,26)(H,24,27). The Morgan fingerprint density at radius 2 is 1.74 bits per heavy atom. The fourth-order valence-electron chi connectivity index (χ4n) is 2.85. The lowest BCUT2D eigenvalue weighted by Gasteiger charge is -2.08. The van der Waals surface area contributed by atoms with Crippen molar-refractivity contribution in [2.45, 2.75) is 6.54 Å². The van der Waals surface area contributed by atoms with E-state index in [1.165, 1.54) is 0 Å². The first-order valence-corrected chi connectivity index (χ1v) is 8.44. The number of amides is 2. The Kier molecular flexibility index (Phi) is 4.40. The van der Waals surface area contributed by atoms with Crippen LogP contribution in [0.15, 0.2) is 73.2 Å². The van der Waals surface area contributed by atoms with Gasteiger partial charge in [-0.1, -0.05) is 30.3 Å². The minimum atomic E-state index is -0.381. The summed E-state index contributed by atoms with van der Waals surface area (Å²) >= 11 is 0. The van der Waals surface area contributed by atoms with Crippen molar-refractivity contribution in [2.24, 2.45) is 0 Å². The van der Waals surface area contributed by atoms with Crippen molar-refractivity contribution in [1.82, 2.24) is 25.6 Å². The van der Waals surface area contributed by atoms with Gasteiger partial charge in [-0.25, -0.2) is 0 Å². The molecule has 2 aromatic carbocycles. The number of H-pyrrole nitrogens is 1. The number of fused-ring (bicyclic) bond motifs is 1. The molecule has 0 saturated carbocycles. The number of aromatic nitrogens is 3. The first-order chi connectivity index (χ1) is 13.2. The van der Waals surface area contributed by atoms with E-state index in [1.54, 1.807) is 29.2 Å². The van der Waals surface area contributed by atoms with E-state index in [0.29, 0.717) is 17.7 Å². The predicted molar refractivity (Wildman–Crippen MR) is 101 cm³/mol. The second kappa shape index (κ2) is 7.17. The first kappa shape index (κ1) is 16.6. The quantitative estimate of drug-likeness (QED) is 0.489. The van der Waals surface area contributed by atoms with Crippen LogP contribution >= 0.6 is 0 Å². The number of hydrogen-bond donors (Lipinski definition) is 3. The molecule has 0 aliphatic heterocycles. The Morgan fingerprint density at radius 1 is 0.963 bits per heavy atom. The smallest absolute Gasteiger partial charge is 0.271 e. The van der Waals surface area contributed by atoms with E-state index >= 15 is 0 Å². The zero-order valence-electron chi connectivity index (χ0n) is 14.3. The van der Waals surface area contributed by atoms with Gasteiger partial charge >= 0.3 is 0 Å². The Bertz CT molecular complexity index is 1080. The molecule has 7 heteroatoms. The van der Waals surface area contributed by atoms with E-state index in [0.717, 1.165) is 16.5 Å². The molecule has 3 N–H and O–H groups in total. The number of rotatable bonds is 4. The molecule has 2 heterocycles. The number of para-hydroxylation sites is 1. The summed E-state index contributed by atoms with van der Waals surface area (Å²) in [5.74, 6) is -0.759. The highest BCUT2D eigenvalue weighted by molar-refractivity contribution is 6.07. The first-order valence-electron chi connectivity index (χ1n) is 8.44. The second-order valence-electron chi connectivity index (χ2n) is 6.06. The van der Waals surface area contributed by atoms with Crippen LogP contribution in [-0.2, 0) is 6.54 Å². The van der Waals surface area contributed by atoms with Crippen molar-refractivity contribution in [2.75, 3.05) is 0 Å². The maximum atomic E-state index is 12.3. The van der Waals surface area contributed by atoms with Gasteiger partial charge in [-0.15, -0.1) is 0 Å². The van der Waals surface area contributed by atoms with E-state index in [9.17, 15) is 9.59 Å². The van der Waals surface area contributed by atoms with E-state index in [2.05, 4.69) is 20.9 Å². The van der Waals surface area contributed by atoms with Gasteiger partial charge in [0.05, 0.1) is 12.1 Å². The topological polar surface area (TPSA) is 91.8 Å². The average Bonchev–Trinajstić information content (AvgIpc) is 3.36. The van der Waals surface area contributed by atoms with Crippen LogP contribution in [0.3, 0.4) is 0 Å². The van der Waals surface area contributed by atoms with Crippen molar-refractivity contribution in [1.29, 1.82) is 0 Å². The minimum Gasteiger partial charge on any atom is -0.360 e. The van der Waals surface area contributed by atoms with Crippen LogP contribution in [0, 0.1) is 0 Å². The van der Waals surface area contributed by atoms with Gasteiger partial charge < -0.3 is 4.98 Å². The lowest BCUT2D eigenvalue weighted by molar-refractivity contribution is 0.0847. The monoisotopic (exact) mass is 359 g/mol. The third kappa shape index (κ3) is 3.57. The molecule has 0 radical (unpaired) electrons. The van der Waals surface area contributed by atoms with Gasteiger partial charge in [-0.2, -0.15) is 5.10 Å². The molecule has 27 heavy (non-hydrogen) atoms. The molecule has 0 fully saturated rings. The number of nitrogens with one attached hydrogen (secondary N) is 3. The molecule has 0 unspecified atom stereocenters. The van der Waals surface area contributed by atoms with Crippen molar-refractivity contribution >= 4 is 22.7 Å². The van der Waals surface area contributed by atoms with Gasteiger partial charge in [0.2, 0.25) is 0 Å². The molecule has 4 rings (SSSR count). The molecule has 7 nitrogen and oxygen atoms in total. The number of benzene rings is 2. The molecule has 0 aliphatic carbocycles. The number of nitrogens with zero attached hydrogens (tertiary/aromatic N) is 2. The summed E-state index contributed by atoms with van der Waals surface area (Å²) in [5, 5.41) is 4.95. The molecular formula is C20H17N5O2. The summed E-state index contributed by atoms with van der Waals surface area (Å²) in [4.78, 5) is 27.6. The highest BCUT2D eigenvalue weighted by Crippen LogP contribution is 2.17. The molecule has 2 amide bonds. The predicted octanol–water partition coefficient (Wildman–Crippen LogP) is 2.49. The fourth-order valence-corrected chi connectivity index (χ4v) is 2.85. The summed E-state index contributed by atoms with van der Waals surface area (Å²) in [6.07, 6.45) is 5.22. The lowest BCUT2D eigenvalue weighted by Crippen LogP contribution is -2.41. The van der Waals surface area contributed by atoms with Crippen LogP contribution in [0.1, 0.15) is 26.3 Å². The molecular weight excluding hydrogens is 342 g/mol. The number of carbonyl (C=O) groups is 2. The molecule has 0 aliphatic rings. The number of hydrogen-bond acceptors (Lipinski definition) is 3. The summed E-state index contributed by atoms with van der Waals surface area (Å²) in [6, 6.07) is 16.5. The largest absolute Gasteiger partial charge is 0.360 e. The van der Waals surface area contributed by atoms with E-state index in [-0.39, 0.29) is 11.8 Å². The van der Waals surface area contributed by atoms with Crippen LogP contribution in [0.2, 0.25) is 0 Å². The second-order valence-corrected chi connectivity index (χ2v) is 6.06. The Labute approximate surface area is 155 Å². The van der Waals surface area contributed by atoms with Gasteiger partial charge in [0.1, 0.15) is 0 Å². The summed E-state index contributed by atoms with van der Waals surface area (Å²) in [6.45, 7) is 0.631. The van der Waals surface area contributed by atoms with Crippen molar-refractivity contribution in [3.8, 4) is 0 Å². The highest BCUT2D eigenvalue weighted by Gasteiger charge is 2.13. The lowest BCUT2D eigenvalue weighted by atomic mass is 10.1. The van der Waals surface area contributed by atoms with Gasteiger partial charge in [0, 0.05) is 35.1 Å². The van der Waals surface area contributed by atoms with Gasteiger partial charge in [-0.05, 0) is 29.8 Å². The maximum absolute atomic E-state index is 12.3. The molecule has 0 saturated heterocycles. The normalized spacial score (nSPS) is 10.7. The van der Waals surface area contributed by atoms with Crippen LogP contribution in [0.25, 0.3) is 10.9 Å². The van der Waals surface area contributed by atoms with Gasteiger partial charge in [0.15, 0.2) is 0 Å². The summed E-state index contributed by atoms with van der Waals surface area (Å²) < 4.78 is 1.80. The van der Waals surface area contributed by atoms with Crippen LogP contribution in [0.4, 0.5) is 0 Å². The van der Waals surface area contributed by atoms with Crippen molar-refractivity contribution < 1.29 is 9.59 Å². The van der Waals surface area contributed by atoms with E-state index in [1.807, 2.05) is 48.7 Å². The Hall–Kier alpha value is -3.87. The SMILES string of the molecule is O=C(NNC(=O)c1c[nH]c2ccccc12)c1ccc(Cn2cccn2)cc1. The summed E-state index contributed by atoms with van der Waals surface area (Å²) in [7, 11) is 0. The van der Waals surface area contributed by atoms with Crippen molar-refractivity contribution in [3.63, 3.8) is 0 Å². The van der Waals surface area contributed by atoms with Crippen LogP contribution in [0.5, 0.6) is 0 Å². The van der Waals surface area contributed by atoms with E-state index in [4.69, 9.17) is 0 Å². The Balaban J connectivity index is 1.38. The number of hydrazine groups is 1. The number of aromatic amines is 1. The molecule has 0 atom stereocenters. The number of carbonyl (C=O) groups excluding carboxylic acids is 2. The molecule has 0 spiro atoms. The summed E-state index contributed by atoms with van der Waals surface area (Å²) in [5.41, 5.74) is 7.72. The maximum Gasteiger partial charge on any atom is 0.271 e. The zero-order chi connectivity index (χ0) is 18.6. The highest BCUT2D eigenvalue weighted by atomic mass is 16.2. The average molecular weight is 359 g/mol. The van der Waals surface area contributed by atoms with E-state index < -0.39 is 0 Å². The van der Waals surface area contributed by atoms with Gasteiger partial charge in [0.25, 0.3) is 11.8 Å². The van der Waals surface area contributed by atoms with Gasteiger partial charge in [-0.3, -0.25) is 25.1 Å². The Morgan fingerprint density at radius 3 is 2.52 bits per heavy atom. The molecule has 4 aromatic rings. The molecule has 0 bridgehead atoms. The zero-order valence-corrected chi connectivity index (χ0v) is 14.3. The van der Waals surface area contributed by atoms with Crippen molar-refractivity contribution in [3.05, 3.63) is 89.9 Å². The third-order valence-corrected chi connectivity index (χ3v) is 4.24. The third-order valence-electron chi connectivity index (χ3n) is 4.24. The van der Waals surface area contributed by atoms with Crippen LogP contribution in [-0.4, -0.2) is 26.6 Å². The fraction of sp³-hybridized carbons (Fsp3) is 0.0500. The minimum absolute atomic E-state index is 0.379. The van der Waals surface area contributed by atoms with Crippen LogP contribution < -0.4 is 10.9 Å². The molecule has 134 valence electrons.